The molecule has 0 aliphatic carbocycles. The largest absolute Gasteiger partial charge is 0.493 e. The van der Waals surface area contributed by atoms with Gasteiger partial charge in [0.1, 0.15) is 0 Å². The molecule has 0 saturated carbocycles. The van der Waals surface area contributed by atoms with Gasteiger partial charge >= 0.3 is 0 Å². The van der Waals surface area contributed by atoms with Crippen LogP contribution < -0.4 is 14.8 Å². The first-order valence-electron chi connectivity index (χ1n) is 10.4. The van der Waals surface area contributed by atoms with Crippen molar-refractivity contribution in [2.45, 2.75) is 6.42 Å². The number of hydrogen-bond acceptors (Lipinski definition) is 5. The summed E-state index contributed by atoms with van der Waals surface area (Å²) in [6.07, 6.45) is 2.29. The van der Waals surface area contributed by atoms with Gasteiger partial charge in [-0.3, -0.25) is 4.79 Å². The number of nitrogens with one attached hydrogen (secondary N) is 1. The van der Waals surface area contributed by atoms with Gasteiger partial charge in [0.2, 0.25) is 5.89 Å². The Labute approximate surface area is 197 Å². The van der Waals surface area contributed by atoms with Crippen LogP contribution in [0.2, 0.25) is 5.02 Å². The highest BCUT2D eigenvalue weighted by molar-refractivity contribution is 6.30. The molecule has 0 radical (unpaired) electrons. The summed E-state index contributed by atoms with van der Waals surface area (Å²) < 4.78 is 16.6. The summed E-state index contributed by atoms with van der Waals surface area (Å²) in [6, 6.07) is 20.3. The van der Waals surface area contributed by atoms with Gasteiger partial charge in [0.15, 0.2) is 17.3 Å². The number of amides is 1. The number of oxazole rings is 1. The molecular formula is C26H23ClN2O4. The minimum Gasteiger partial charge on any atom is -0.493 e. The monoisotopic (exact) mass is 462 g/mol. The highest BCUT2D eigenvalue weighted by Gasteiger charge is 2.17. The van der Waals surface area contributed by atoms with Crippen LogP contribution in [-0.4, -0.2) is 31.7 Å². The van der Waals surface area contributed by atoms with Crippen molar-refractivity contribution in [3.8, 4) is 34.3 Å². The number of carbonyl (C=O) groups is 1. The maximum atomic E-state index is 12.9. The van der Waals surface area contributed by atoms with Gasteiger partial charge in [-0.15, -0.1) is 0 Å². The molecule has 0 saturated heterocycles. The number of carbonyl (C=O) groups excluding carboxylic acids is 1. The van der Waals surface area contributed by atoms with E-state index < -0.39 is 0 Å². The number of methoxy groups -OCH3 is 2. The zero-order chi connectivity index (χ0) is 23.2. The fraction of sp³-hybridized carbons (Fsp3) is 0.154. The van der Waals surface area contributed by atoms with Crippen LogP contribution in [0.15, 0.2) is 77.3 Å². The van der Waals surface area contributed by atoms with Crippen molar-refractivity contribution >= 4 is 17.5 Å². The highest BCUT2D eigenvalue weighted by atomic mass is 35.5. The Balaban J connectivity index is 1.46. The number of aromatic nitrogens is 1. The highest BCUT2D eigenvalue weighted by Crippen LogP contribution is 2.29. The molecule has 4 rings (SSSR count). The SMILES string of the molecule is COc1ccc(CCNC(=O)c2ccccc2-c2ncc(-c3ccc(Cl)cc3)o2)cc1OC. The van der Waals surface area contributed by atoms with Gasteiger partial charge in [-0.1, -0.05) is 29.8 Å². The maximum absolute atomic E-state index is 12.9. The van der Waals surface area contributed by atoms with Gasteiger partial charge in [-0.05, 0) is 60.5 Å². The van der Waals surface area contributed by atoms with Crippen LogP contribution >= 0.6 is 11.6 Å². The van der Waals surface area contributed by atoms with Crippen molar-refractivity contribution in [3.05, 3.63) is 89.1 Å². The Morgan fingerprint density at radius 2 is 1.76 bits per heavy atom. The summed E-state index contributed by atoms with van der Waals surface area (Å²) in [7, 11) is 3.20. The minimum atomic E-state index is -0.197. The number of benzene rings is 3. The van der Waals surface area contributed by atoms with E-state index >= 15 is 0 Å². The van der Waals surface area contributed by atoms with Gasteiger partial charge in [-0.25, -0.2) is 4.98 Å². The third-order valence-electron chi connectivity index (χ3n) is 5.18. The molecule has 6 nitrogen and oxygen atoms in total. The second kappa shape index (κ2) is 10.2. The molecule has 1 aromatic heterocycles. The average Bonchev–Trinajstić information content (AvgIpc) is 3.34. The lowest BCUT2D eigenvalue weighted by molar-refractivity contribution is 0.0954. The van der Waals surface area contributed by atoms with E-state index in [4.69, 9.17) is 25.5 Å². The molecule has 0 fully saturated rings. The van der Waals surface area contributed by atoms with Gasteiger partial charge < -0.3 is 19.2 Å². The molecule has 0 spiro atoms. The van der Waals surface area contributed by atoms with Gasteiger partial charge in [0.05, 0.1) is 26.0 Å². The topological polar surface area (TPSA) is 73.6 Å². The van der Waals surface area contributed by atoms with E-state index in [1.54, 1.807) is 38.6 Å². The molecule has 168 valence electrons. The molecule has 0 aliphatic heterocycles. The van der Waals surface area contributed by atoms with Gasteiger partial charge in [0, 0.05) is 22.7 Å². The molecule has 0 bridgehead atoms. The van der Waals surface area contributed by atoms with E-state index in [0.717, 1.165) is 11.1 Å². The summed E-state index contributed by atoms with van der Waals surface area (Å²) >= 11 is 5.96. The number of hydrogen-bond donors (Lipinski definition) is 1. The van der Waals surface area contributed by atoms with Gasteiger partial charge in [0.25, 0.3) is 5.91 Å². The normalized spacial score (nSPS) is 10.6. The standard InChI is InChI=1S/C26H23ClN2O4/c1-31-22-12-7-17(15-23(22)32-2)13-14-28-25(30)20-5-3-4-6-21(20)26-29-16-24(33-26)18-8-10-19(27)11-9-18/h3-12,15-16H,13-14H2,1-2H3,(H,28,30). The second-order valence-electron chi connectivity index (χ2n) is 7.28. The van der Waals surface area contributed by atoms with E-state index in [9.17, 15) is 4.79 Å². The lowest BCUT2D eigenvalue weighted by atomic mass is 10.1. The van der Waals surface area contributed by atoms with Crippen LogP contribution in [0.25, 0.3) is 22.8 Å². The smallest absolute Gasteiger partial charge is 0.252 e. The quantitative estimate of drug-likeness (QED) is 0.366. The average molecular weight is 463 g/mol. The zero-order valence-electron chi connectivity index (χ0n) is 18.3. The van der Waals surface area contributed by atoms with Crippen LogP contribution in [0.3, 0.4) is 0 Å². The summed E-state index contributed by atoms with van der Waals surface area (Å²) in [4.78, 5) is 17.3. The number of ether oxygens (including phenoxy) is 2. The zero-order valence-corrected chi connectivity index (χ0v) is 19.1. The van der Waals surface area contributed by atoms with Crippen LogP contribution in [0.4, 0.5) is 0 Å². The summed E-state index contributed by atoms with van der Waals surface area (Å²) in [5, 5.41) is 3.62. The second-order valence-corrected chi connectivity index (χ2v) is 7.71. The Morgan fingerprint density at radius 1 is 1.00 bits per heavy atom. The Morgan fingerprint density at radius 3 is 2.52 bits per heavy atom. The molecular weight excluding hydrogens is 440 g/mol. The third kappa shape index (κ3) is 5.18. The molecule has 7 heteroatoms. The predicted octanol–water partition coefficient (Wildman–Crippen LogP) is 5.65. The maximum Gasteiger partial charge on any atom is 0.252 e. The lowest BCUT2D eigenvalue weighted by Crippen LogP contribution is -2.26. The van der Waals surface area contributed by atoms with Crippen LogP contribution in [0, 0.1) is 0 Å². The van der Waals surface area contributed by atoms with Crippen LogP contribution in [-0.2, 0) is 6.42 Å². The van der Waals surface area contributed by atoms with Crippen molar-refractivity contribution in [3.63, 3.8) is 0 Å². The van der Waals surface area contributed by atoms with Crippen molar-refractivity contribution < 1.29 is 18.7 Å². The lowest BCUT2D eigenvalue weighted by Gasteiger charge is -2.11. The fourth-order valence-electron chi connectivity index (χ4n) is 3.47. The summed E-state index contributed by atoms with van der Waals surface area (Å²) in [6.45, 7) is 0.463. The van der Waals surface area contributed by atoms with E-state index in [1.807, 2.05) is 48.5 Å². The van der Waals surface area contributed by atoms with Crippen LogP contribution in [0.1, 0.15) is 15.9 Å². The van der Waals surface area contributed by atoms with E-state index in [1.165, 1.54) is 0 Å². The predicted molar refractivity (Wildman–Crippen MR) is 128 cm³/mol. The first-order valence-corrected chi connectivity index (χ1v) is 10.8. The first-order chi connectivity index (χ1) is 16.1. The third-order valence-corrected chi connectivity index (χ3v) is 5.44. The molecule has 0 aliphatic rings. The van der Waals surface area contributed by atoms with E-state index in [-0.39, 0.29) is 5.91 Å². The van der Waals surface area contributed by atoms with Crippen LogP contribution in [0.5, 0.6) is 11.5 Å². The first kappa shape index (κ1) is 22.4. The molecule has 1 N–H and O–H groups in total. The van der Waals surface area contributed by atoms with Crippen molar-refractivity contribution in [1.29, 1.82) is 0 Å². The molecule has 3 aromatic carbocycles. The molecule has 0 atom stereocenters. The summed E-state index contributed by atoms with van der Waals surface area (Å²) in [5.74, 6) is 2.11. The number of halogens is 1. The fourth-order valence-corrected chi connectivity index (χ4v) is 3.59. The molecule has 4 aromatic rings. The molecule has 33 heavy (non-hydrogen) atoms. The number of rotatable bonds is 8. The Bertz CT molecular complexity index is 1250. The summed E-state index contributed by atoms with van der Waals surface area (Å²) in [5.41, 5.74) is 3.01. The van der Waals surface area contributed by atoms with Crippen molar-refractivity contribution in [2.24, 2.45) is 0 Å². The molecule has 0 unspecified atom stereocenters. The molecule has 1 heterocycles. The number of nitrogens with zero attached hydrogens (tertiary/aromatic N) is 1. The van der Waals surface area contributed by atoms with E-state index in [2.05, 4.69) is 10.3 Å². The van der Waals surface area contributed by atoms with E-state index in [0.29, 0.717) is 52.3 Å². The molecule has 1 amide bonds. The van der Waals surface area contributed by atoms with Gasteiger partial charge in [-0.2, -0.15) is 0 Å². The Hall–Kier alpha value is -3.77. The Kier molecular flexibility index (Phi) is 6.95. The van der Waals surface area contributed by atoms with Crippen molar-refractivity contribution in [2.75, 3.05) is 20.8 Å². The van der Waals surface area contributed by atoms with Crippen molar-refractivity contribution in [1.82, 2.24) is 10.3 Å². The minimum absolute atomic E-state index is 0.197.